The molecule has 0 saturated carbocycles. The summed E-state index contributed by atoms with van der Waals surface area (Å²) < 4.78 is 4.92. The van der Waals surface area contributed by atoms with Gasteiger partial charge in [0.05, 0.1) is 11.0 Å². The van der Waals surface area contributed by atoms with Crippen molar-refractivity contribution in [3.63, 3.8) is 0 Å². The SMILES string of the molecule is O=C(Nc1ccc2oc(=O)[nH]c2c1)c1n[nH]c2ccccc12. The molecular formula is C15H10N4O3. The van der Waals surface area contributed by atoms with Crippen molar-refractivity contribution in [3.05, 3.63) is 58.7 Å². The molecule has 2 heterocycles. The third-order valence-corrected chi connectivity index (χ3v) is 3.36. The van der Waals surface area contributed by atoms with E-state index in [2.05, 4.69) is 20.5 Å². The van der Waals surface area contributed by atoms with Crippen LogP contribution >= 0.6 is 0 Å². The molecule has 0 spiro atoms. The highest BCUT2D eigenvalue weighted by Gasteiger charge is 2.14. The molecule has 7 nitrogen and oxygen atoms in total. The van der Waals surface area contributed by atoms with E-state index in [9.17, 15) is 9.59 Å². The molecule has 2 aromatic heterocycles. The molecular weight excluding hydrogens is 284 g/mol. The molecule has 1 amide bonds. The Morgan fingerprint density at radius 3 is 2.91 bits per heavy atom. The van der Waals surface area contributed by atoms with Crippen LogP contribution in [0.1, 0.15) is 10.5 Å². The molecule has 0 aliphatic heterocycles. The first-order valence-electron chi connectivity index (χ1n) is 6.58. The number of nitrogens with one attached hydrogen (secondary N) is 3. The number of anilines is 1. The molecule has 0 atom stereocenters. The summed E-state index contributed by atoms with van der Waals surface area (Å²) in [4.78, 5) is 26.0. The highest BCUT2D eigenvalue weighted by Crippen LogP contribution is 2.19. The van der Waals surface area contributed by atoms with Gasteiger partial charge in [0.1, 0.15) is 0 Å². The van der Waals surface area contributed by atoms with Crippen LogP contribution in [0.15, 0.2) is 51.7 Å². The predicted octanol–water partition coefficient (Wildman–Crippen LogP) is 2.25. The Morgan fingerprint density at radius 2 is 2.00 bits per heavy atom. The van der Waals surface area contributed by atoms with Crippen LogP contribution in [0.2, 0.25) is 0 Å². The number of H-pyrrole nitrogens is 2. The molecule has 7 heteroatoms. The Balaban J connectivity index is 1.69. The van der Waals surface area contributed by atoms with Crippen LogP contribution in [0.5, 0.6) is 0 Å². The Morgan fingerprint density at radius 1 is 1.14 bits per heavy atom. The highest BCUT2D eigenvalue weighted by molar-refractivity contribution is 6.11. The number of hydrogen-bond donors (Lipinski definition) is 3. The lowest BCUT2D eigenvalue weighted by atomic mass is 10.2. The van der Waals surface area contributed by atoms with Crippen LogP contribution in [-0.4, -0.2) is 21.1 Å². The first-order chi connectivity index (χ1) is 10.7. The normalized spacial score (nSPS) is 11.1. The van der Waals surface area contributed by atoms with Crippen LogP contribution < -0.4 is 11.1 Å². The summed E-state index contributed by atoms with van der Waals surface area (Å²) in [5, 5.41) is 10.4. The molecule has 0 radical (unpaired) electrons. The minimum absolute atomic E-state index is 0.316. The van der Waals surface area contributed by atoms with Crippen LogP contribution in [-0.2, 0) is 0 Å². The lowest BCUT2D eigenvalue weighted by molar-refractivity contribution is 0.102. The maximum absolute atomic E-state index is 12.3. The monoisotopic (exact) mass is 294 g/mol. The topological polar surface area (TPSA) is 104 Å². The van der Waals surface area contributed by atoms with Crippen molar-refractivity contribution in [1.29, 1.82) is 0 Å². The summed E-state index contributed by atoms with van der Waals surface area (Å²) in [6, 6.07) is 12.3. The van der Waals surface area contributed by atoms with E-state index in [4.69, 9.17) is 4.42 Å². The summed E-state index contributed by atoms with van der Waals surface area (Å²) in [5.41, 5.74) is 2.61. The van der Waals surface area contributed by atoms with Crippen molar-refractivity contribution >= 4 is 33.6 Å². The van der Waals surface area contributed by atoms with Gasteiger partial charge < -0.3 is 9.73 Å². The zero-order valence-corrected chi connectivity index (χ0v) is 11.2. The number of hydrogen-bond acceptors (Lipinski definition) is 4. The number of fused-ring (bicyclic) bond motifs is 2. The molecule has 0 unspecified atom stereocenters. The first kappa shape index (κ1) is 12.4. The highest BCUT2D eigenvalue weighted by atomic mass is 16.4. The molecule has 0 aliphatic carbocycles. The van der Waals surface area contributed by atoms with Gasteiger partial charge in [0.15, 0.2) is 11.3 Å². The molecule has 4 aromatic rings. The Bertz CT molecular complexity index is 1060. The van der Waals surface area contributed by atoms with Crippen LogP contribution in [0.3, 0.4) is 0 Å². The van der Waals surface area contributed by atoms with Gasteiger partial charge in [-0.2, -0.15) is 5.10 Å². The van der Waals surface area contributed by atoms with E-state index in [-0.39, 0.29) is 5.91 Å². The van der Waals surface area contributed by atoms with Gasteiger partial charge >= 0.3 is 5.76 Å². The van der Waals surface area contributed by atoms with E-state index in [1.165, 1.54) is 0 Å². The third kappa shape index (κ3) is 1.96. The van der Waals surface area contributed by atoms with Gasteiger partial charge in [0.2, 0.25) is 0 Å². The second kappa shape index (κ2) is 4.59. The van der Waals surface area contributed by atoms with Gasteiger partial charge in [0, 0.05) is 11.1 Å². The number of rotatable bonds is 2. The number of para-hydroxylation sites is 1. The fourth-order valence-corrected chi connectivity index (χ4v) is 2.36. The largest absolute Gasteiger partial charge is 0.417 e. The summed E-state index contributed by atoms with van der Waals surface area (Å²) in [5.74, 6) is -0.862. The van der Waals surface area contributed by atoms with Crippen LogP contribution in [0.4, 0.5) is 5.69 Å². The molecule has 4 rings (SSSR count). The van der Waals surface area contributed by atoms with Crippen molar-refractivity contribution in [2.75, 3.05) is 5.32 Å². The molecule has 0 saturated heterocycles. The summed E-state index contributed by atoms with van der Waals surface area (Å²) >= 11 is 0. The number of benzene rings is 2. The van der Waals surface area contributed by atoms with Crippen molar-refractivity contribution in [3.8, 4) is 0 Å². The Kier molecular flexibility index (Phi) is 2.59. The second-order valence-electron chi connectivity index (χ2n) is 4.80. The predicted molar refractivity (Wildman–Crippen MR) is 80.9 cm³/mol. The van der Waals surface area contributed by atoms with Crippen molar-refractivity contribution < 1.29 is 9.21 Å². The minimum Gasteiger partial charge on any atom is -0.408 e. The number of nitrogens with zero attached hydrogens (tertiary/aromatic N) is 1. The van der Waals surface area contributed by atoms with E-state index in [1.54, 1.807) is 18.2 Å². The fraction of sp³-hybridized carbons (Fsp3) is 0. The van der Waals surface area contributed by atoms with Gasteiger partial charge in [-0.25, -0.2) is 4.79 Å². The Labute approximate surface area is 123 Å². The van der Waals surface area contributed by atoms with Gasteiger partial charge in [-0.3, -0.25) is 14.9 Å². The number of aromatic amines is 2. The number of amides is 1. The quantitative estimate of drug-likeness (QED) is 0.527. The van der Waals surface area contributed by atoms with Gasteiger partial charge in [-0.1, -0.05) is 18.2 Å². The molecule has 2 aromatic carbocycles. The number of aromatic nitrogens is 3. The van der Waals surface area contributed by atoms with Crippen LogP contribution in [0, 0.1) is 0 Å². The third-order valence-electron chi connectivity index (χ3n) is 3.36. The molecule has 0 fully saturated rings. The van der Waals surface area contributed by atoms with Crippen molar-refractivity contribution in [1.82, 2.24) is 15.2 Å². The molecule has 108 valence electrons. The number of carbonyl (C=O) groups excluding carboxylic acids is 1. The summed E-state index contributed by atoms with van der Waals surface area (Å²) in [7, 11) is 0. The second-order valence-corrected chi connectivity index (χ2v) is 4.80. The van der Waals surface area contributed by atoms with Crippen LogP contribution in [0.25, 0.3) is 22.0 Å². The average Bonchev–Trinajstić information content (AvgIpc) is 3.09. The van der Waals surface area contributed by atoms with E-state index >= 15 is 0 Å². The zero-order chi connectivity index (χ0) is 15.1. The Hall–Kier alpha value is -3.35. The summed E-state index contributed by atoms with van der Waals surface area (Å²) in [6.07, 6.45) is 0. The molecule has 3 N–H and O–H groups in total. The van der Waals surface area contributed by atoms with E-state index in [1.807, 2.05) is 24.3 Å². The maximum Gasteiger partial charge on any atom is 0.417 e. The maximum atomic E-state index is 12.3. The lowest BCUT2D eigenvalue weighted by Crippen LogP contribution is -2.12. The van der Waals surface area contributed by atoms with Gasteiger partial charge in [-0.15, -0.1) is 0 Å². The zero-order valence-electron chi connectivity index (χ0n) is 11.2. The van der Waals surface area contributed by atoms with Gasteiger partial charge in [0.25, 0.3) is 5.91 Å². The summed E-state index contributed by atoms with van der Waals surface area (Å²) in [6.45, 7) is 0. The number of carbonyl (C=O) groups is 1. The van der Waals surface area contributed by atoms with E-state index in [0.717, 1.165) is 10.9 Å². The standard InChI is InChI=1S/C15H10N4O3/c20-14(13-9-3-1-2-4-10(9)18-19-13)16-8-5-6-12-11(7-8)17-15(21)22-12/h1-7H,(H,16,20)(H,17,21)(H,18,19). The molecule has 0 aliphatic rings. The smallest absolute Gasteiger partial charge is 0.408 e. The lowest BCUT2D eigenvalue weighted by Gasteiger charge is -2.03. The van der Waals surface area contributed by atoms with E-state index in [0.29, 0.717) is 22.5 Å². The van der Waals surface area contributed by atoms with Crippen molar-refractivity contribution in [2.45, 2.75) is 0 Å². The van der Waals surface area contributed by atoms with E-state index < -0.39 is 5.76 Å². The minimum atomic E-state index is -0.531. The average molecular weight is 294 g/mol. The molecule has 0 bridgehead atoms. The fourth-order valence-electron chi connectivity index (χ4n) is 2.36. The van der Waals surface area contributed by atoms with Gasteiger partial charge in [-0.05, 0) is 24.3 Å². The first-order valence-corrected chi connectivity index (χ1v) is 6.58. The molecule has 22 heavy (non-hydrogen) atoms. The number of oxazole rings is 1. The van der Waals surface area contributed by atoms with Crippen molar-refractivity contribution in [2.24, 2.45) is 0 Å².